The second-order valence-electron chi connectivity index (χ2n) is 4.48. The van der Waals surface area contributed by atoms with Crippen molar-refractivity contribution in [2.45, 2.75) is 12.3 Å². The molecule has 1 aliphatic rings. The quantitative estimate of drug-likeness (QED) is 0.648. The van der Waals surface area contributed by atoms with Crippen molar-refractivity contribution in [2.75, 3.05) is 0 Å². The van der Waals surface area contributed by atoms with Gasteiger partial charge in [-0.05, 0) is 30.2 Å². The molecule has 1 aromatic heterocycles. The Morgan fingerprint density at radius 2 is 2.00 bits per heavy atom. The summed E-state index contributed by atoms with van der Waals surface area (Å²) in [7, 11) is 0. The predicted molar refractivity (Wildman–Crippen MR) is 72.8 cm³/mol. The minimum Gasteiger partial charge on any atom is -0.480 e. The number of Topliss-reactive ketones (excluding diaryl/α,β-unsaturated/α-hetero) is 1. The van der Waals surface area contributed by atoms with Gasteiger partial charge in [-0.1, -0.05) is 17.7 Å². The lowest BCUT2D eigenvalue weighted by Crippen LogP contribution is -2.46. The summed E-state index contributed by atoms with van der Waals surface area (Å²) < 4.78 is 0. The summed E-state index contributed by atoms with van der Waals surface area (Å²) in [5.41, 5.74) is -2.73. The number of allylic oxidation sites excluding steroid dienone is 2. The zero-order valence-electron chi connectivity index (χ0n) is 10.8. The number of halogens is 1. The van der Waals surface area contributed by atoms with E-state index in [1.54, 1.807) is 0 Å². The molecule has 1 heterocycles. The fourth-order valence-corrected chi connectivity index (χ4v) is 2.46. The average molecular weight is 308 g/mol. The molecule has 108 valence electrons. The van der Waals surface area contributed by atoms with E-state index in [-0.39, 0.29) is 16.2 Å². The molecule has 2 rings (SSSR count). The highest BCUT2D eigenvalue weighted by Crippen LogP contribution is 2.39. The third-order valence-corrected chi connectivity index (χ3v) is 3.72. The van der Waals surface area contributed by atoms with Crippen LogP contribution in [0.1, 0.15) is 12.5 Å². The molecule has 1 aromatic rings. The fourth-order valence-electron chi connectivity index (χ4n) is 2.20. The van der Waals surface area contributed by atoms with E-state index in [1.165, 1.54) is 31.5 Å². The SMILES string of the molecule is CC1=C(C(=O)O)C(=O)C(C(=O)O)(c2cccnc2)C=C1Cl. The van der Waals surface area contributed by atoms with Crippen LogP contribution in [-0.4, -0.2) is 32.9 Å². The summed E-state index contributed by atoms with van der Waals surface area (Å²) in [4.78, 5) is 39.4. The predicted octanol–water partition coefficient (Wildman–Crippen LogP) is 1.51. The number of hydrogen-bond acceptors (Lipinski definition) is 4. The van der Waals surface area contributed by atoms with Crippen molar-refractivity contribution in [3.63, 3.8) is 0 Å². The lowest BCUT2D eigenvalue weighted by atomic mass is 9.71. The van der Waals surface area contributed by atoms with Crippen LogP contribution in [-0.2, 0) is 19.8 Å². The van der Waals surface area contributed by atoms with Crippen LogP contribution in [0.2, 0.25) is 0 Å². The first-order valence-corrected chi connectivity index (χ1v) is 6.21. The number of nitrogens with zero attached hydrogens (tertiary/aromatic N) is 1. The highest BCUT2D eigenvalue weighted by Gasteiger charge is 2.51. The zero-order valence-corrected chi connectivity index (χ0v) is 11.6. The van der Waals surface area contributed by atoms with Crippen LogP contribution in [0.3, 0.4) is 0 Å². The second-order valence-corrected chi connectivity index (χ2v) is 4.89. The van der Waals surface area contributed by atoms with Gasteiger partial charge < -0.3 is 10.2 Å². The van der Waals surface area contributed by atoms with Crippen LogP contribution in [0, 0.1) is 0 Å². The van der Waals surface area contributed by atoms with Gasteiger partial charge in [-0.2, -0.15) is 0 Å². The Hall–Kier alpha value is -2.47. The molecular weight excluding hydrogens is 298 g/mol. The average Bonchev–Trinajstić information content (AvgIpc) is 2.43. The maximum absolute atomic E-state index is 12.5. The molecule has 0 saturated heterocycles. The van der Waals surface area contributed by atoms with Gasteiger partial charge in [-0.15, -0.1) is 0 Å². The van der Waals surface area contributed by atoms with Crippen LogP contribution >= 0.6 is 11.6 Å². The number of carbonyl (C=O) groups excluding carboxylic acids is 1. The highest BCUT2D eigenvalue weighted by atomic mass is 35.5. The number of carbonyl (C=O) groups is 3. The van der Waals surface area contributed by atoms with Gasteiger partial charge in [-0.3, -0.25) is 14.6 Å². The van der Waals surface area contributed by atoms with Gasteiger partial charge in [0.1, 0.15) is 5.57 Å². The van der Waals surface area contributed by atoms with Crippen LogP contribution in [0.15, 0.2) is 46.8 Å². The third kappa shape index (κ3) is 2.13. The van der Waals surface area contributed by atoms with Crippen molar-refractivity contribution in [3.8, 4) is 0 Å². The molecule has 1 atom stereocenters. The molecule has 0 bridgehead atoms. The van der Waals surface area contributed by atoms with E-state index in [1.807, 2.05) is 0 Å². The summed E-state index contributed by atoms with van der Waals surface area (Å²) in [6.45, 7) is 1.36. The number of aromatic nitrogens is 1. The van der Waals surface area contributed by atoms with Crippen LogP contribution < -0.4 is 0 Å². The van der Waals surface area contributed by atoms with Gasteiger partial charge in [0.25, 0.3) is 0 Å². The molecule has 21 heavy (non-hydrogen) atoms. The molecule has 6 nitrogen and oxygen atoms in total. The number of hydrogen-bond donors (Lipinski definition) is 2. The standard InChI is InChI=1S/C14H10ClNO5/c1-7-9(15)5-14(13(20)21,8-3-2-4-16-6-8)11(17)10(7)12(18)19/h2-6H,1H3,(H,18,19)(H,20,21). The summed E-state index contributed by atoms with van der Waals surface area (Å²) >= 11 is 5.95. The number of carboxylic acids is 2. The molecule has 0 aromatic carbocycles. The van der Waals surface area contributed by atoms with E-state index in [4.69, 9.17) is 11.6 Å². The van der Waals surface area contributed by atoms with Crippen molar-refractivity contribution in [2.24, 2.45) is 0 Å². The Balaban J connectivity index is 2.79. The first-order chi connectivity index (χ1) is 9.82. The van der Waals surface area contributed by atoms with Crippen LogP contribution in [0.5, 0.6) is 0 Å². The Bertz CT molecular complexity index is 707. The minimum absolute atomic E-state index is 0.0370. The van der Waals surface area contributed by atoms with Gasteiger partial charge in [-0.25, -0.2) is 4.79 Å². The van der Waals surface area contributed by atoms with E-state index in [0.29, 0.717) is 0 Å². The molecule has 0 fully saturated rings. The summed E-state index contributed by atoms with van der Waals surface area (Å²) in [5, 5.41) is 18.6. The minimum atomic E-state index is -2.18. The third-order valence-electron chi connectivity index (χ3n) is 3.33. The maximum atomic E-state index is 12.5. The van der Waals surface area contributed by atoms with Gasteiger partial charge in [0, 0.05) is 17.4 Å². The number of rotatable bonds is 3. The smallest absolute Gasteiger partial charge is 0.339 e. The lowest BCUT2D eigenvalue weighted by Gasteiger charge is -2.29. The molecule has 1 aliphatic carbocycles. The van der Waals surface area contributed by atoms with Crippen molar-refractivity contribution in [3.05, 3.63) is 52.3 Å². The van der Waals surface area contributed by atoms with Crippen molar-refractivity contribution >= 4 is 29.3 Å². The van der Waals surface area contributed by atoms with Crippen LogP contribution in [0.25, 0.3) is 0 Å². The monoisotopic (exact) mass is 307 g/mol. The second kappa shape index (κ2) is 5.14. The molecular formula is C14H10ClNO5. The molecule has 0 saturated carbocycles. The molecule has 0 radical (unpaired) electrons. The largest absolute Gasteiger partial charge is 0.480 e. The molecule has 1 unspecified atom stereocenters. The van der Waals surface area contributed by atoms with E-state index in [0.717, 1.165) is 6.08 Å². The van der Waals surface area contributed by atoms with Crippen molar-refractivity contribution in [1.82, 2.24) is 4.98 Å². The molecule has 0 aliphatic heterocycles. The van der Waals surface area contributed by atoms with E-state index >= 15 is 0 Å². The normalized spacial score (nSPS) is 22.0. The highest BCUT2D eigenvalue weighted by molar-refractivity contribution is 6.38. The summed E-state index contributed by atoms with van der Waals surface area (Å²) in [6, 6.07) is 2.85. The van der Waals surface area contributed by atoms with Crippen molar-refractivity contribution < 1.29 is 24.6 Å². The summed E-state index contributed by atoms with van der Waals surface area (Å²) in [6.07, 6.45) is 3.67. The summed E-state index contributed by atoms with van der Waals surface area (Å²) in [5.74, 6) is -4.07. The number of pyridine rings is 1. The molecule has 7 heteroatoms. The molecule has 2 N–H and O–H groups in total. The topological polar surface area (TPSA) is 105 Å². The molecule has 0 spiro atoms. The fraction of sp³-hybridized carbons (Fsp3) is 0.143. The van der Waals surface area contributed by atoms with Gasteiger partial charge >= 0.3 is 11.9 Å². The van der Waals surface area contributed by atoms with E-state index < -0.39 is 28.7 Å². The first kappa shape index (κ1) is 14.9. The number of ketones is 1. The number of aliphatic carboxylic acids is 2. The Labute approximate surface area is 124 Å². The lowest BCUT2D eigenvalue weighted by molar-refractivity contribution is -0.146. The van der Waals surface area contributed by atoms with Crippen LogP contribution in [0.4, 0.5) is 0 Å². The maximum Gasteiger partial charge on any atom is 0.339 e. The number of carboxylic acid groups (broad SMARTS) is 2. The Kier molecular flexibility index (Phi) is 3.65. The zero-order chi connectivity index (χ0) is 15.8. The Morgan fingerprint density at radius 1 is 1.33 bits per heavy atom. The Morgan fingerprint density at radius 3 is 2.48 bits per heavy atom. The molecule has 0 amide bonds. The van der Waals surface area contributed by atoms with Gasteiger partial charge in [0.05, 0.1) is 0 Å². The van der Waals surface area contributed by atoms with E-state index in [2.05, 4.69) is 4.98 Å². The van der Waals surface area contributed by atoms with Crippen molar-refractivity contribution in [1.29, 1.82) is 0 Å². The van der Waals surface area contributed by atoms with Gasteiger partial charge in [0.15, 0.2) is 11.2 Å². The van der Waals surface area contributed by atoms with E-state index in [9.17, 15) is 24.6 Å². The van der Waals surface area contributed by atoms with Gasteiger partial charge in [0.2, 0.25) is 0 Å². The first-order valence-electron chi connectivity index (χ1n) is 5.84.